The van der Waals surface area contributed by atoms with Crippen molar-refractivity contribution in [2.75, 3.05) is 25.0 Å². The van der Waals surface area contributed by atoms with Gasteiger partial charge in [-0.25, -0.2) is 13.4 Å². The zero-order chi connectivity index (χ0) is 21.7. The maximum Gasteiger partial charge on any atom is 0.257 e. The van der Waals surface area contributed by atoms with E-state index in [9.17, 15) is 13.2 Å². The van der Waals surface area contributed by atoms with Gasteiger partial charge in [0.05, 0.1) is 17.1 Å². The minimum absolute atomic E-state index is 0.0517. The van der Waals surface area contributed by atoms with E-state index in [-0.39, 0.29) is 17.3 Å². The molecule has 30 heavy (non-hydrogen) atoms. The molecule has 1 fully saturated rings. The molecule has 1 saturated heterocycles. The summed E-state index contributed by atoms with van der Waals surface area (Å²) >= 11 is 1.38. The Balaban J connectivity index is 1.59. The predicted octanol–water partition coefficient (Wildman–Crippen LogP) is 2.78. The summed E-state index contributed by atoms with van der Waals surface area (Å²) in [5, 5.41) is 5.28. The molecule has 0 bridgehead atoms. The van der Waals surface area contributed by atoms with Gasteiger partial charge in [-0.15, -0.1) is 17.8 Å². The van der Waals surface area contributed by atoms with Gasteiger partial charge in [0, 0.05) is 30.6 Å². The maximum atomic E-state index is 12.5. The Kier molecular flexibility index (Phi) is 7.26. The van der Waals surface area contributed by atoms with E-state index >= 15 is 0 Å². The van der Waals surface area contributed by atoms with Crippen LogP contribution in [0.4, 0.5) is 5.13 Å². The van der Waals surface area contributed by atoms with Crippen molar-refractivity contribution in [1.82, 2.24) is 14.6 Å². The van der Waals surface area contributed by atoms with E-state index in [0.29, 0.717) is 22.5 Å². The SMILES string of the molecule is C#CCNS(=O)(=O)c1ccc(C(=O)Nc2nc(CN3C[C@@H](C)C[C@H](C)C3)cs2)cc1. The fourth-order valence-electron chi connectivity index (χ4n) is 3.76. The number of thiazole rings is 1. The Morgan fingerprint density at radius 1 is 1.27 bits per heavy atom. The van der Waals surface area contributed by atoms with Crippen LogP contribution in [-0.4, -0.2) is 43.8 Å². The van der Waals surface area contributed by atoms with Crippen LogP contribution in [0.5, 0.6) is 0 Å². The van der Waals surface area contributed by atoms with Crippen molar-refractivity contribution >= 4 is 32.4 Å². The molecule has 3 rings (SSSR count). The Morgan fingerprint density at radius 2 is 1.93 bits per heavy atom. The number of likely N-dealkylation sites (tertiary alicyclic amines) is 1. The average Bonchev–Trinajstić information content (AvgIpc) is 3.12. The molecule has 7 nitrogen and oxygen atoms in total. The highest BCUT2D eigenvalue weighted by atomic mass is 32.2. The van der Waals surface area contributed by atoms with Gasteiger partial charge in [-0.3, -0.25) is 15.0 Å². The van der Waals surface area contributed by atoms with Crippen molar-refractivity contribution in [3.8, 4) is 12.3 Å². The number of rotatable bonds is 7. The normalized spacial score (nSPS) is 19.9. The van der Waals surface area contributed by atoms with Crippen LogP contribution < -0.4 is 10.0 Å². The molecule has 0 unspecified atom stereocenters. The highest BCUT2D eigenvalue weighted by Gasteiger charge is 2.22. The molecule has 0 aliphatic carbocycles. The van der Waals surface area contributed by atoms with Gasteiger partial charge < -0.3 is 0 Å². The van der Waals surface area contributed by atoms with E-state index in [4.69, 9.17) is 6.42 Å². The van der Waals surface area contributed by atoms with Crippen molar-refractivity contribution in [3.63, 3.8) is 0 Å². The quantitative estimate of drug-likeness (QED) is 0.638. The molecule has 1 aliphatic heterocycles. The van der Waals surface area contributed by atoms with E-state index in [0.717, 1.165) is 25.3 Å². The van der Waals surface area contributed by atoms with Crippen LogP contribution in [-0.2, 0) is 16.6 Å². The number of hydrogen-bond acceptors (Lipinski definition) is 6. The minimum atomic E-state index is -3.68. The van der Waals surface area contributed by atoms with Crippen molar-refractivity contribution in [3.05, 3.63) is 40.9 Å². The summed E-state index contributed by atoms with van der Waals surface area (Å²) < 4.78 is 26.4. The van der Waals surface area contributed by atoms with Gasteiger partial charge in [-0.2, -0.15) is 4.72 Å². The van der Waals surface area contributed by atoms with E-state index in [1.807, 2.05) is 5.38 Å². The number of amides is 1. The summed E-state index contributed by atoms with van der Waals surface area (Å²) in [5.41, 5.74) is 1.29. The van der Waals surface area contributed by atoms with Gasteiger partial charge in [0.2, 0.25) is 10.0 Å². The molecule has 0 radical (unpaired) electrons. The standard InChI is InChI=1S/C21H26N4O3S2/c1-4-9-22-30(27,28)19-7-5-17(6-8-19)20(26)24-21-23-18(14-29-21)13-25-11-15(2)10-16(3)12-25/h1,5-8,14-16,22H,9-13H2,2-3H3,(H,23,24,26)/t15-,16-/m0/s1. The molecule has 9 heteroatoms. The molecular formula is C21H26N4O3S2. The molecular weight excluding hydrogens is 420 g/mol. The van der Waals surface area contributed by atoms with Gasteiger partial charge >= 0.3 is 0 Å². The van der Waals surface area contributed by atoms with Crippen LogP contribution in [0.3, 0.4) is 0 Å². The Labute approximate surface area is 182 Å². The Morgan fingerprint density at radius 3 is 2.57 bits per heavy atom. The lowest BCUT2D eigenvalue weighted by molar-refractivity contribution is 0.102. The summed E-state index contributed by atoms with van der Waals surface area (Å²) in [4.78, 5) is 19.5. The van der Waals surface area contributed by atoms with Gasteiger partial charge in [-0.05, 0) is 42.5 Å². The molecule has 1 amide bonds. The van der Waals surface area contributed by atoms with Crippen LogP contribution >= 0.6 is 11.3 Å². The molecule has 2 atom stereocenters. The highest BCUT2D eigenvalue weighted by molar-refractivity contribution is 7.89. The van der Waals surface area contributed by atoms with E-state index < -0.39 is 10.0 Å². The van der Waals surface area contributed by atoms with Crippen molar-refractivity contribution in [1.29, 1.82) is 0 Å². The monoisotopic (exact) mass is 446 g/mol. The van der Waals surface area contributed by atoms with Crippen molar-refractivity contribution in [2.45, 2.75) is 31.7 Å². The number of hydrogen-bond donors (Lipinski definition) is 2. The summed E-state index contributed by atoms with van der Waals surface area (Å²) in [6, 6.07) is 5.68. The number of aromatic nitrogens is 1. The number of piperidine rings is 1. The number of sulfonamides is 1. The van der Waals surface area contributed by atoms with Crippen LogP contribution in [0.15, 0.2) is 34.5 Å². The fourth-order valence-corrected chi connectivity index (χ4v) is 5.39. The first-order valence-electron chi connectivity index (χ1n) is 9.78. The molecule has 2 aromatic rings. The van der Waals surface area contributed by atoms with Crippen LogP contribution in [0.1, 0.15) is 36.3 Å². The van der Waals surface area contributed by atoms with Gasteiger partial charge in [0.1, 0.15) is 0 Å². The third-order valence-electron chi connectivity index (χ3n) is 4.89. The first-order valence-corrected chi connectivity index (χ1v) is 12.1. The Bertz CT molecular complexity index is 1020. The number of carbonyl (C=O) groups excluding carboxylic acids is 1. The first-order chi connectivity index (χ1) is 14.3. The topological polar surface area (TPSA) is 91.4 Å². The lowest BCUT2D eigenvalue weighted by Gasteiger charge is -2.34. The number of benzene rings is 1. The molecule has 0 saturated carbocycles. The lowest BCUT2D eigenvalue weighted by atomic mass is 9.92. The zero-order valence-electron chi connectivity index (χ0n) is 17.1. The molecule has 2 N–H and O–H groups in total. The lowest BCUT2D eigenvalue weighted by Crippen LogP contribution is -2.38. The maximum absolute atomic E-state index is 12.5. The van der Waals surface area contributed by atoms with Gasteiger partial charge in [0.15, 0.2) is 5.13 Å². The molecule has 2 heterocycles. The predicted molar refractivity (Wildman–Crippen MR) is 119 cm³/mol. The summed E-state index contributed by atoms with van der Waals surface area (Å²) in [5.74, 6) is 3.24. The zero-order valence-corrected chi connectivity index (χ0v) is 18.7. The van der Waals surface area contributed by atoms with E-state index in [1.54, 1.807) is 0 Å². The third-order valence-corrected chi connectivity index (χ3v) is 7.12. The van der Waals surface area contributed by atoms with Crippen LogP contribution in [0.25, 0.3) is 0 Å². The number of nitrogens with zero attached hydrogens (tertiary/aromatic N) is 2. The largest absolute Gasteiger partial charge is 0.298 e. The van der Waals surface area contributed by atoms with E-state index in [2.05, 4.69) is 39.7 Å². The summed E-state index contributed by atoms with van der Waals surface area (Å²) in [6.45, 7) is 7.36. The second-order valence-corrected chi connectivity index (χ2v) is 10.4. The fraction of sp³-hybridized carbons (Fsp3) is 0.429. The molecule has 160 valence electrons. The molecule has 1 aliphatic rings. The number of anilines is 1. The van der Waals surface area contributed by atoms with Crippen molar-refractivity contribution < 1.29 is 13.2 Å². The summed E-state index contributed by atoms with van der Waals surface area (Å²) in [7, 11) is -3.68. The highest BCUT2D eigenvalue weighted by Crippen LogP contribution is 2.24. The first kappa shape index (κ1) is 22.4. The number of carbonyl (C=O) groups is 1. The van der Waals surface area contributed by atoms with E-state index in [1.165, 1.54) is 42.0 Å². The summed E-state index contributed by atoms with van der Waals surface area (Å²) in [6.07, 6.45) is 6.34. The van der Waals surface area contributed by atoms with Crippen LogP contribution in [0.2, 0.25) is 0 Å². The molecule has 1 aromatic heterocycles. The smallest absolute Gasteiger partial charge is 0.257 e. The number of terminal acetylenes is 1. The van der Waals surface area contributed by atoms with Crippen molar-refractivity contribution in [2.24, 2.45) is 11.8 Å². The average molecular weight is 447 g/mol. The Hall–Kier alpha value is -2.25. The molecule has 1 aromatic carbocycles. The minimum Gasteiger partial charge on any atom is -0.298 e. The molecule has 0 spiro atoms. The second-order valence-electron chi connectivity index (χ2n) is 7.79. The van der Waals surface area contributed by atoms with Gasteiger partial charge in [0.25, 0.3) is 5.91 Å². The number of nitrogens with one attached hydrogen (secondary N) is 2. The van der Waals surface area contributed by atoms with Gasteiger partial charge in [-0.1, -0.05) is 19.8 Å². The second kappa shape index (κ2) is 9.71. The third kappa shape index (κ3) is 5.89. The van der Waals surface area contributed by atoms with Crippen LogP contribution in [0, 0.1) is 24.2 Å².